The summed E-state index contributed by atoms with van der Waals surface area (Å²) in [6.45, 7) is 4.93. The number of nitrogens with one attached hydrogen (secondary N) is 2. The van der Waals surface area contributed by atoms with Gasteiger partial charge in [0.15, 0.2) is 5.11 Å². The van der Waals surface area contributed by atoms with Gasteiger partial charge in [0.2, 0.25) is 0 Å². The van der Waals surface area contributed by atoms with Crippen LogP contribution in [-0.2, 0) is 6.54 Å². The maximum atomic E-state index is 5.30. The predicted molar refractivity (Wildman–Crippen MR) is 113 cm³/mol. The highest BCUT2D eigenvalue weighted by Gasteiger charge is 2.01. The van der Waals surface area contributed by atoms with Crippen LogP contribution in [0.3, 0.4) is 0 Å². The zero-order valence-electron chi connectivity index (χ0n) is 14.9. The van der Waals surface area contributed by atoms with E-state index in [1.54, 1.807) is 6.21 Å². The molecule has 4 nitrogen and oxygen atoms in total. The summed E-state index contributed by atoms with van der Waals surface area (Å²) in [6.07, 6.45) is 3.82. The van der Waals surface area contributed by atoms with Crippen molar-refractivity contribution in [1.82, 2.24) is 9.99 Å². The molecule has 5 heteroatoms. The summed E-state index contributed by atoms with van der Waals surface area (Å²) in [7, 11) is 0. The highest BCUT2D eigenvalue weighted by atomic mass is 32.1. The molecule has 0 atom stereocenters. The van der Waals surface area contributed by atoms with Crippen LogP contribution in [0.4, 0.5) is 5.69 Å². The number of aromatic nitrogens is 1. The number of para-hydroxylation sites is 1. The number of anilines is 1. The van der Waals surface area contributed by atoms with Crippen LogP contribution >= 0.6 is 12.2 Å². The Balaban J connectivity index is 1.59. The largest absolute Gasteiger partial charge is 0.342 e. The lowest BCUT2D eigenvalue weighted by Crippen LogP contribution is -2.24. The van der Waals surface area contributed by atoms with E-state index in [-0.39, 0.29) is 0 Å². The minimum absolute atomic E-state index is 0.465. The molecule has 3 rings (SSSR count). The first-order valence-corrected chi connectivity index (χ1v) is 8.89. The molecule has 0 aliphatic carbocycles. The number of hydrogen-bond acceptors (Lipinski definition) is 2. The van der Waals surface area contributed by atoms with E-state index in [1.807, 2.05) is 49.5 Å². The second kappa shape index (κ2) is 8.45. The van der Waals surface area contributed by atoms with Crippen molar-refractivity contribution in [3.63, 3.8) is 0 Å². The average molecular weight is 363 g/mol. The van der Waals surface area contributed by atoms with Crippen molar-refractivity contribution in [2.45, 2.75) is 20.4 Å². The standard InChI is InChI=1S/C21H22N4S/c1-16-9-11-18(12-10-16)15-25-13-5-7-19(25)14-22-24-21(26)23-20-8-4-3-6-17(20)2/h3-14H,15H2,1-2H3,(H2,23,24,26). The first-order valence-electron chi connectivity index (χ1n) is 8.48. The van der Waals surface area contributed by atoms with Gasteiger partial charge in [-0.25, -0.2) is 0 Å². The predicted octanol–water partition coefficient (Wildman–Crippen LogP) is 4.47. The summed E-state index contributed by atoms with van der Waals surface area (Å²) in [6, 6.07) is 20.6. The molecule has 0 bridgehead atoms. The van der Waals surface area contributed by atoms with E-state index >= 15 is 0 Å². The number of nitrogens with zero attached hydrogens (tertiary/aromatic N) is 2. The normalized spacial score (nSPS) is 10.8. The third kappa shape index (κ3) is 4.80. The topological polar surface area (TPSA) is 41.4 Å². The van der Waals surface area contributed by atoms with Crippen LogP contribution in [-0.4, -0.2) is 15.9 Å². The van der Waals surface area contributed by atoms with Crippen molar-refractivity contribution in [3.8, 4) is 0 Å². The molecule has 0 saturated carbocycles. The molecule has 132 valence electrons. The van der Waals surface area contributed by atoms with E-state index in [0.29, 0.717) is 5.11 Å². The molecule has 0 saturated heterocycles. The van der Waals surface area contributed by atoms with Gasteiger partial charge in [0, 0.05) is 18.4 Å². The van der Waals surface area contributed by atoms with Gasteiger partial charge >= 0.3 is 0 Å². The fourth-order valence-corrected chi connectivity index (χ4v) is 2.76. The molecule has 0 aliphatic heterocycles. The van der Waals surface area contributed by atoms with E-state index in [1.165, 1.54) is 11.1 Å². The maximum Gasteiger partial charge on any atom is 0.191 e. The highest BCUT2D eigenvalue weighted by molar-refractivity contribution is 7.80. The van der Waals surface area contributed by atoms with E-state index < -0.39 is 0 Å². The van der Waals surface area contributed by atoms with Gasteiger partial charge in [0.25, 0.3) is 0 Å². The number of thiocarbonyl (C=S) groups is 1. The zero-order chi connectivity index (χ0) is 18.4. The highest BCUT2D eigenvalue weighted by Crippen LogP contribution is 2.12. The Morgan fingerprint density at radius 3 is 2.58 bits per heavy atom. The Labute approximate surface area is 159 Å². The Hall–Kier alpha value is -2.92. The molecule has 2 N–H and O–H groups in total. The number of aryl methyl sites for hydroxylation is 2. The summed E-state index contributed by atoms with van der Waals surface area (Å²) in [5.74, 6) is 0. The second-order valence-corrected chi connectivity index (χ2v) is 6.59. The minimum Gasteiger partial charge on any atom is -0.342 e. The SMILES string of the molecule is Cc1ccc(Cn2cccc2C=NNC(=S)Nc2ccccc2C)cc1. The molecule has 3 aromatic rings. The van der Waals surface area contributed by atoms with E-state index in [2.05, 4.69) is 51.6 Å². The van der Waals surface area contributed by atoms with E-state index in [0.717, 1.165) is 23.5 Å². The molecule has 0 unspecified atom stereocenters. The summed E-state index contributed by atoms with van der Waals surface area (Å²) in [5.41, 5.74) is 8.51. The summed E-state index contributed by atoms with van der Waals surface area (Å²) in [4.78, 5) is 0. The number of hydrogen-bond donors (Lipinski definition) is 2. The third-order valence-corrected chi connectivity index (χ3v) is 4.29. The maximum absolute atomic E-state index is 5.30. The third-order valence-electron chi connectivity index (χ3n) is 4.09. The Morgan fingerprint density at radius 2 is 1.81 bits per heavy atom. The molecular formula is C21H22N4S. The van der Waals surface area contributed by atoms with Gasteiger partial charge in [0.1, 0.15) is 0 Å². The van der Waals surface area contributed by atoms with Crippen LogP contribution in [0.2, 0.25) is 0 Å². The first kappa shape index (κ1) is 17.9. The van der Waals surface area contributed by atoms with Crippen LogP contribution in [0.1, 0.15) is 22.4 Å². The quantitative estimate of drug-likeness (QED) is 0.400. The fraction of sp³-hybridized carbons (Fsp3) is 0.143. The number of rotatable bonds is 5. The Kier molecular flexibility index (Phi) is 5.81. The van der Waals surface area contributed by atoms with Gasteiger partial charge in [-0.1, -0.05) is 48.0 Å². The van der Waals surface area contributed by atoms with Crippen LogP contribution in [0, 0.1) is 13.8 Å². The Bertz CT molecular complexity index is 910. The first-order chi connectivity index (χ1) is 12.6. The molecule has 0 radical (unpaired) electrons. The van der Waals surface area contributed by atoms with Gasteiger partial charge in [-0.15, -0.1) is 0 Å². The summed E-state index contributed by atoms with van der Waals surface area (Å²) in [5, 5.41) is 7.87. The monoisotopic (exact) mass is 362 g/mol. The number of hydrazone groups is 1. The minimum atomic E-state index is 0.465. The van der Waals surface area contributed by atoms with Crippen molar-refractivity contribution in [2.75, 3.05) is 5.32 Å². The van der Waals surface area contributed by atoms with Crippen molar-refractivity contribution in [3.05, 3.63) is 89.2 Å². The van der Waals surface area contributed by atoms with Gasteiger partial charge < -0.3 is 9.88 Å². The molecule has 0 amide bonds. The van der Waals surface area contributed by atoms with Crippen LogP contribution < -0.4 is 10.7 Å². The van der Waals surface area contributed by atoms with Crippen LogP contribution in [0.5, 0.6) is 0 Å². The number of benzene rings is 2. The van der Waals surface area contributed by atoms with Crippen LogP contribution in [0.25, 0.3) is 0 Å². The van der Waals surface area contributed by atoms with Gasteiger partial charge in [-0.3, -0.25) is 5.43 Å². The van der Waals surface area contributed by atoms with Crippen LogP contribution in [0.15, 0.2) is 72.0 Å². The van der Waals surface area contributed by atoms with Gasteiger partial charge in [0.05, 0.1) is 11.9 Å². The molecular weight excluding hydrogens is 340 g/mol. The molecule has 0 spiro atoms. The summed E-state index contributed by atoms with van der Waals surface area (Å²) >= 11 is 5.30. The lowest BCUT2D eigenvalue weighted by atomic mass is 10.1. The van der Waals surface area contributed by atoms with Gasteiger partial charge in [-0.2, -0.15) is 5.10 Å². The lowest BCUT2D eigenvalue weighted by Gasteiger charge is -2.10. The van der Waals surface area contributed by atoms with Crippen molar-refractivity contribution in [2.24, 2.45) is 5.10 Å². The lowest BCUT2D eigenvalue weighted by molar-refractivity contribution is 0.798. The molecule has 1 heterocycles. The van der Waals surface area contributed by atoms with Crippen molar-refractivity contribution >= 4 is 29.2 Å². The van der Waals surface area contributed by atoms with Crippen molar-refractivity contribution in [1.29, 1.82) is 0 Å². The van der Waals surface area contributed by atoms with Crippen molar-refractivity contribution < 1.29 is 0 Å². The molecule has 0 fully saturated rings. The molecule has 26 heavy (non-hydrogen) atoms. The molecule has 2 aromatic carbocycles. The average Bonchev–Trinajstić information content (AvgIpc) is 3.06. The molecule has 0 aliphatic rings. The molecule has 1 aromatic heterocycles. The second-order valence-electron chi connectivity index (χ2n) is 6.19. The van der Waals surface area contributed by atoms with E-state index in [9.17, 15) is 0 Å². The van der Waals surface area contributed by atoms with Gasteiger partial charge in [-0.05, 0) is 55.4 Å². The fourth-order valence-electron chi connectivity index (χ4n) is 2.60. The zero-order valence-corrected chi connectivity index (χ0v) is 15.8. The summed E-state index contributed by atoms with van der Waals surface area (Å²) < 4.78 is 2.15. The van der Waals surface area contributed by atoms with E-state index in [4.69, 9.17) is 12.2 Å². The Morgan fingerprint density at radius 1 is 1.04 bits per heavy atom. The smallest absolute Gasteiger partial charge is 0.191 e.